The van der Waals surface area contributed by atoms with Crippen LogP contribution >= 0.6 is 11.8 Å². The van der Waals surface area contributed by atoms with Crippen LogP contribution in [0, 0.1) is 13.8 Å². The highest BCUT2D eigenvalue weighted by molar-refractivity contribution is 7.99. The molecule has 0 radical (unpaired) electrons. The summed E-state index contributed by atoms with van der Waals surface area (Å²) in [5.41, 5.74) is 9.33. The molecular formula is C15H17N3OS. The van der Waals surface area contributed by atoms with E-state index < -0.39 is 0 Å². The van der Waals surface area contributed by atoms with Gasteiger partial charge in [0.1, 0.15) is 5.03 Å². The summed E-state index contributed by atoms with van der Waals surface area (Å²) < 4.78 is 0. The Labute approximate surface area is 122 Å². The summed E-state index contributed by atoms with van der Waals surface area (Å²) in [7, 11) is 1.61. The highest BCUT2D eigenvalue weighted by atomic mass is 32.2. The lowest BCUT2D eigenvalue weighted by molar-refractivity contribution is 0.0963. The van der Waals surface area contributed by atoms with Gasteiger partial charge in [0.05, 0.1) is 0 Å². The van der Waals surface area contributed by atoms with Gasteiger partial charge < -0.3 is 11.1 Å². The monoisotopic (exact) mass is 287 g/mol. The number of nitrogens with two attached hydrogens (primary N) is 1. The van der Waals surface area contributed by atoms with Gasteiger partial charge in [-0.15, -0.1) is 0 Å². The van der Waals surface area contributed by atoms with Crippen LogP contribution in [-0.2, 0) is 0 Å². The third-order valence-electron chi connectivity index (χ3n) is 2.79. The minimum Gasteiger partial charge on any atom is -0.398 e. The average molecular weight is 287 g/mol. The summed E-state index contributed by atoms with van der Waals surface area (Å²) in [5.74, 6) is -0.125. The Morgan fingerprint density at radius 3 is 2.65 bits per heavy atom. The van der Waals surface area contributed by atoms with Gasteiger partial charge in [0.15, 0.2) is 0 Å². The van der Waals surface area contributed by atoms with Crippen molar-refractivity contribution in [2.45, 2.75) is 23.8 Å². The van der Waals surface area contributed by atoms with Crippen LogP contribution in [0.1, 0.15) is 21.6 Å². The lowest BCUT2D eigenvalue weighted by atomic mass is 10.2. The van der Waals surface area contributed by atoms with Crippen molar-refractivity contribution in [3.63, 3.8) is 0 Å². The fourth-order valence-electron chi connectivity index (χ4n) is 1.88. The highest BCUT2D eigenvalue weighted by Gasteiger charge is 2.09. The molecule has 0 aliphatic rings. The van der Waals surface area contributed by atoms with Gasteiger partial charge in [0.25, 0.3) is 5.91 Å². The number of carbonyl (C=O) groups excluding carboxylic acids is 1. The van der Waals surface area contributed by atoms with Crippen LogP contribution in [-0.4, -0.2) is 17.9 Å². The third-order valence-corrected chi connectivity index (χ3v) is 3.78. The van der Waals surface area contributed by atoms with Crippen molar-refractivity contribution >= 4 is 23.4 Å². The predicted molar refractivity (Wildman–Crippen MR) is 82.1 cm³/mol. The fraction of sp³-hybridized carbons (Fsp3) is 0.200. The molecule has 0 saturated heterocycles. The largest absolute Gasteiger partial charge is 0.398 e. The average Bonchev–Trinajstić information content (AvgIpc) is 2.39. The van der Waals surface area contributed by atoms with E-state index in [1.165, 1.54) is 11.8 Å². The maximum absolute atomic E-state index is 11.7. The molecule has 1 aromatic heterocycles. The molecule has 0 aliphatic carbocycles. The summed E-state index contributed by atoms with van der Waals surface area (Å²) in [4.78, 5) is 17.0. The van der Waals surface area contributed by atoms with Crippen LogP contribution in [0.3, 0.4) is 0 Å². The third kappa shape index (κ3) is 3.30. The molecule has 0 unspecified atom stereocenters. The Hall–Kier alpha value is -2.01. The first-order valence-corrected chi connectivity index (χ1v) is 7.06. The lowest BCUT2D eigenvalue weighted by Crippen LogP contribution is -2.17. The zero-order chi connectivity index (χ0) is 14.7. The van der Waals surface area contributed by atoms with Gasteiger partial charge in [-0.2, -0.15) is 0 Å². The van der Waals surface area contributed by atoms with Crippen molar-refractivity contribution in [3.8, 4) is 0 Å². The zero-order valence-corrected chi connectivity index (χ0v) is 12.5. The van der Waals surface area contributed by atoms with E-state index in [0.29, 0.717) is 11.3 Å². The number of nitrogen functional groups attached to an aromatic ring is 1. The summed E-state index contributed by atoms with van der Waals surface area (Å²) in [5, 5.41) is 3.48. The number of anilines is 1. The van der Waals surface area contributed by atoms with Crippen LogP contribution in [0.5, 0.6) is 0 Å². The minimum atomic E-state index is -0.125. The number of hydrogen-bond acceptors (Lipinski definition) is 4. The number of benzene rings is 1. The molecule has 5 heteroatoms. The van der Waals surface area contributed by atoms with Crippen molar-refractivity contribution < 1.29 is 4.79 Å². The van der Waals surface area contributed by atoms with E-state index in [2.05, 4.69) is 10.3 Å². The summed E-state index contributed by atoms with van der Waals surface area (Å²) in [6.07, 6.45) is 0. The molecular weight excluding hydrogens is 270 g/mol. The SMILES string of the molecule is CNC(=O)c1ccc(N)c(Sc2cc(C)cc(C)n2)c1. The number of rotatable bonds is 3. The molecule has 2 rings (SSSR count). The van der Waals surface area contributed by atoms with Crippen molar-refractivity contribution in [1.29, 1.82) is 0 Å². The van der Waals surface area contributed by atoms with Crippen molar-refractivity contribution in [1.82, 2.24) is 10.3 Å². The number of pyridine rings is 1. The van der Waals surface area contributed by atoms with Gasteiger partial charge in [0, 0.05) is 28.9 Å². The van der Waals surface area contributed by atoms with Gasteiger partial charge in [-0.05, 0) is 49.7 Å². The van der Waals surface area contributed by atoms with Crippen LogP contribution in [0.2, 0.25) is 0 Å². The molecule has 104 valence electrons. The van der Waals surface area contributed by atoms with E-state index in [9.17, 15) is 4.79 Å². The normalized spacial score (nSPS) is 10.3. The quantitative estimate of drug-likeness (QED) is 0.852. The van der Waals surface area contributed by atoms with E-state index in [4.69, 9.17) is 5.73 Å². The zero-order valence-electron chi connectivity index (χ0n) is 11.7. The standard InChI is InChI=1S/C15H17N3OS/c1-9-6-10(2)18-14(7-9)20-13-8-11(15(19)17-3)4-5-12(13)16/h4-8H,16H2,1-3H3,(H,17,19). The summed E-state index contributed by atoms with van der Waals surface area (Å²) in [6, 6.07) is 9.28. The molecule has 1 amide bonds. The molecule has 0 bridgehead atoms. The Kier molecular flexibility index (Phi) is 4.29. The Balaban J connectivity index is 2.34. The van der Waals surface area contributed by atoms with Crippen LogP contribution < -0.4 is 11.1 Å². The van der Waals surface area contributed by atoms with E-state index in [-0.39, 0.29) is 5.91 Å². The first kappa shape index (κ1) is 14.4. The molecule has 20 heavy (non-hydrogen) atoms. The number of amides is 1. The fourth-order valence-corrected chi connectivity index (χ4v) is 2.91. The van der Waals surface area contributed by atoms with Gasteiger partial charge in [-0.3, -0.25) is 4.79 Å². The maximum Gasteiger partial charge on any atom is 0.251 e. The first-order valence-electron chi connectivity index (χ1n) is 6.24. The first-order chi connectivity index (χ1) is 9.49. The molecule has 1 aromatic carbocycles. The molecule has 0 fully saturated rings. The van der Waals surface area contributed by atoms with Crippen LogP contribution in [0.4, 0.5) is 5.69 Å². The Bertz CT molecular complexity index is 635. The van der Waals surface area contributed by atoms with Crippen molar-refractivity contribution in [2.24, 2.45) is 0 Å². The molecule has 3 N–H and O–H groups in total. The molecule has 4 nitrogen and oxygen atoms in total. The second kappa shape index (κ2) is 5.96. The number of carbonyl (C=O) groups is 1. The lowest BCUT2D eigenvalue weighted by Gasteiger charge is -2.08. The second-order valence-electron chi connectivity index (χ2n) is 4.56. The molecule has 2 aromatic rings. The Morgan fingerprint density at radius 2 is 2.00 bits per heavy atom. The van der Waals surface area contributed by atoms with Crippen molar-refractivity contribution in [2.75, 3.05) is 12.8 Å². The number of aryl methyl sites for hydroxylation is 2. The van der Waals surface area contributed by atoms with Gasteiger partial charge in [-0.1, -0.05) is 11.8 Å². The van der Waals surface area contributed by atoms with E-state index in [1.807, 2.05) is 26.0 Å². The van der Waals surface area contributed by atoms with Crippen molar-refractivity contribution in [3.05, 3.63) is 47.2 Å². The number of hydrogen-bond donors (Lipinski definition) is 2. The van der Waals surface area contributed by atoms with Gasteiger partial charge in [0.2, 0.25) is 0 Å². The second-order valence-corrected chi connectivity index (χ2v) is 5.62. The maximum atomic E-state index is 11.7. The topological polar surface area (TPSA) is 68.0 Å². The summed E-state index contributed by atoms with van der Waals surface area (Å²) in [6.45, 7) is 3.99. The van der Waals surface area contributed by atoms with E-state index in [0.717, 1.165) is 21.2 Å². The molecule has 0 spiro atoms. The van der Waals surface area contributed by atoms with Gasteiger partial charge >= 0.3 is 0 Å². The number of aromatic nitrogens is 1. The number of nitrogens with zero attached hydrogens (tertiary/aromatic N) is 1. The highest BCUT2D eigenvalue weighted by Crippen LogP contribution is 2.32. The van der Waals surface area contributed by atoms with Crippen LogP contribution in [0.25, 0.3) is 0 Å². The molecule has 0 saturated carbocycles. The van der Waals surface area contributed by atoms with E-state index in [1.54, 1.807) is 25.2 Å². The molecule has 0 aliphatic heterocycles. The predicted octanol–water partition coefficient (Wildman–Crippen LogP) is 2.79. The smallest absolute Gasteiger partial charge is 0.251 e. The minimum absolute atomic E-state index is 0.125. The van der Waals surface area contributed by atoms with Gasteiger partial charge in [-0.25, -0.2) is 4.98 Å². The Morgan fingerprint density at radius 1 is 1.25 bits per heavy atom. The molecule has 0 atom stereocenters. The molecule has 1 heterocycles. The number of nitrogens with one attached hydrogen (secondary N) is 1. The van der Waals surface area contributed by atoms with E-state index >= 15 is 0 Å². The summed E-state index contributed by atoms with van der Waals surface area (Å²) >= 11 is 1.47. The van der Waals surface area contributed by atoms with Crippen LogP contribution in [0.15, 0.2) is 40.3 Å².